The fraction of sp³-hybridized carbons (Fsp3) is 0.312. The van der Waals surface area contributed by atoms with Crippen LogP contribution < -0.4 is 9.47 Å². The minimum absolute atomic E-state index is 0.0499. The van der Waals surface area contributed by atoms with Crippen LogP contribution in [-0.4, -0.2) is 47.9 Å². The smallest absolute Gasteiger partial charge is 0.328 e. The molecule has 1 aromatic rings. The van der Waals surface area contributed by atoms with Crippen molar-refractivity contribution in [2.24, 2.45) is 0 Å². The summed E-state index contributed by atoms with van der Waals surface area (Å²) in [5, 5.41) is 17.7. The Bertz CT molecular complexity index is 728. The highest BCUT2D eigenvalue weighted by atomic mass is 17.0. The van der Waals surface area contributed by atoms with Gasteiger partial charge in [-0.3, -0.25) is 9.59 Å². The number of rotatable bonds is 11. The first-order chi connectivity index (χ1) is 12.8. The molecule has 0 atom stereocenters. The topological polar surface area (TPSA) is 152 Å². The normalized spacial score (nSPS) is 10.4. The van der Waals surface area contributed by atoms with Gasteiger partial charge in [-0.25, -0.2) is 4.79 Å². The zero-order chi connectivity index (χ0) is 20.2. The molecule has 0 heterocycles. The van der Waals surface area contributed by atoms with Crippen molar-refractivity contribution in [1.29, 1.82) is 0 Å². The maximum absolute atomic E-state index is 11.8. The van der Waals surface area contributed by atoms with E-state index in [1.54, 1.807) is 0 Å². The van der Waals surface area contributed by atoms with Crippen LogP contribution >= 0.6 is 0 Å². The molecule has 1 N–H and O–H groups in total. The van der Waals surface area contributed by atoms with E-state index in [9.17, 15) is 24.5 Å². The Balaban J connectivity index is 2.65. The number of carboxylic acids is 1. The van der Waals surface area contributed by atoms with Gasteiger partial charge in [0.25, 0.3) is 5.09 Å². The number of esters is 2. The van der Waals surface area contributed by atoms with Crippen LogP contribution in [0.2, 0.25) is 0 Å². The van der Waals surface area contributed by atoms with Crippen LogP contribution in [0, 0.1) is 10.1 Å². The van der Waals surface area contributed by atoms with E-state index in [1.165, 1.54) is 31.2 Å². The Morgan fingerprint density at radius 1 is 1.19 bits per heavy atom. The number of hydrogen-bond acceptors (Lipinski definition) is 9. The molecule has 0 spiro atoms. The van der Waals surface area contributed by atoms with Crippen LogP contribution in [0.3, 0.4) is 0 Å². The summed E-state index contributed by atoms with van der Waals surface area (Å²) < 4.78 is 15.0. The number of carboxylic acid groups (broad SMARTS) is 1. The average Bonchev–Trinajstić information content (AvgIpc) is 2.57. The van der Waals surface area contributed by atoms with Gasteiger partial charge < -0.3 is 24.2 Å². The van der Waals surface area contributed by atoms with Crippen LogP contribution in [0.25, 0.3) is 6.08 Å². The van der Waals surface area contributed by atoms with Crippen molar-refractivity contribution in [3.8, 4) is 11.5 Å². The van der Waals surface area contributed by atoms with Crippen LogP contribution in [0.15, 0.2) is 24.3 Å². The molecule has 0 aliphatic carbocycles. The monoisotopic (exact) mass is 383 g/mol. The maximum Gasteiger partial charge on any atom is 0.328 e. The van der Waals surface area contributed by atoms with E-state index in [4.69, 9.17) is 19.3 Å². The molecule has 0 aliphatic heterocycles. The van der Waals surface area contributed by atoms with Crippen molar-refractivity contribution >= 4 is 24.0 Å². The Labute approximate surface area is 153 Å². The van der Waals surface area contributed by atoms with Gasteiger partial charge in [-0.2, -0.15) is 0 Å². The number of carbonyl (C=O) groups excluding carboxylic acids is 2. The molecule has 27 heavy (non-hydrogen) atoms. The molecule has 0 bridgehead atoms. The predicted molar refractivity (Wildman–Crippen MR) is 88.4 cm³/mol. The van der Waals surface area contributed by atoms with Crippen molar-refractivity contribution in [2.45, 2.75) is 13.3 Å². The molecule has 0 unspecified atom stereocenters. The Hall–Kier alpha value is -3.47. The highest BCUT2D eigenvalue weighted by Gasteiger charge is 2.11. The van der Waals surface area contributed by atoms with Crippen molar-refractivity contribution < 1.29 is 43.6 Å². The molecule has 0 saturated heterocycles. The summed E-state index contributed by atoms with van der Waals surface area (Å²) in [5.41, 5.74) is 0.213. The van der Waals surface area contributed by atoms with E-state index in [1.807, 2.05) is 0 Å². The van der Waals surface area contributed by atoms with E-state index in [-0.39, 0.29) is 43.3 Å². The van der Waals surface area contributed by atoms with Gasteiger partial charge in [0.15, 0.2) is 0 Å². The third kappa shape index (κ3) is 9.55. The van der Waals surface area contributed by atoms with Crippen molar-refractivity contribution in [2.75, 3.05) is 19.8 Å². The number of ether oxygens (including phenoxy) is 3. The molecule has 11 heteroatoms. The second kappa shape index (κ2) is 11.2. The number of nitrogens with zero attached hydrogens (tertiary/aromatic N) is 1. The maximum atomic E-state index is 11.8. The second-order valence-corrected chi connectivity index (χ2v) is 4.86. The van der Waals surface area contributed by atoms with E-state index in [0.29, 0.717) is 0 Å². The van der Waals surface area contributed by atoms with E-state index in [0.717, 1.165) is 6.08 Å². The average molecular weight is 383 g/mol. The molecule has 0 aromatic heterocycles. The summed E-state index contributed by atoms with van der Waals surface area (Å²) in [7, 11) is 0. The highest BCUT2D eigenvalue weighted by molar-refractivity contribution is 5.86. The summed E-state index contributed by atoms with van der Waals surface area (Å²) in [4.78, 5) is 47.5. The van der Waals surface area contributed by atoms with Crippen LogP contribution in [0.5, 0.6) is 11.5 Å². The van der Waals surface area contributed by atoms with Gasteiger partial charge in [0.2, 0.25) is 0 Å². The largest absolute Gasteiger partial charge is 0.478 e. The van der Waals surface area contributed by atoms with Gasteiger partial charge in [-0.15, -0.1) is 10.1 Å². The number of hydrogen-bond donors (Lipinski definition) is 1. The molecule has 0 aliphatic rings. The quantitative estimate of drug-likeness (QED) is 0.147. The standard InChI is InChI=1S/C16H17NO10/c1-11(18)26-13-3-4-14(12(10-13)2-5-15(19)20)27-16(21)6-7-24-8-9-25-17(22)23/h2-5,10H,6-9H2,1H3,(H,19,20)/b5-2+. The first-order valence-electron chi connectivity index (χ1n) is 7.57. The molecule has 11 nitrogen and oxygen atoms in total. The minimum Gasteiger partial charge on any atom is -0.478 e. The van der Waals surface area contributed by atoms with Gasteiger partial charge in [0.05, 0.1) is 19.6 Å². The molecule has 1 aromatic carbocycles. The zero-order valence-corrected chi connectivity index (χ0v) is 14.3. The van der Waals surface area contributed by atoms with Gasteiger partial charge in [-0.05, 0) is 24.3 Å². The summed E-state index contributed by atoms with van der Waals surface area (Å²) in [6, 6.07) is 4.08. The van der Waals surface area contributed by atoms with Gasteiger partial charge in [0.1, 0.15) is 18.1 Å². The first-order valence-corrected chi connectivity index (χ1v) is 7.57. The number of benzene rings is 1. The molecule has 1 rings (SSSR count). The first kappa shape index (κ1) is 21.6. The third-order valence-electron chi connectivity index (χ3n) is 2.75. The van der Waals surface area contributed by atoms with E-state index < -0.39 is 23.0 Å². The lowest BCUT2D eigenvalue weighted by Crippen LogP contribution is -2.14. The number of carbonyl (C=O) groups is 3. The van der Waals surface area contributed by atoms with Crippen molar-refractivity contribution in [1.82, 2.24) is 0 Å². The molecular formula is C16H17NO10. The van der Waals surface area contributed by atoms with E-state index >= 15 is 0 Å². The van der Waals surface area contributed by atoms with Crippen molar-refractivity contribution in [3.05, 3.63) is 40.0 Å². The van der Waals surface area contributed by atoms with Gasteiger partial charge in [-0.1, -0.05) is 0 Å². The fourth-order valence-corrected chi connectivity index (χ4v) is 1.74. The van der Waals surface area contributed by atoms with Gasteiger partial charge >= 0.3 is 17.9 Å². The van der Waals surface area contributed by atoms with Crippen LogP contribution in [0.1, 0.15) is 18.9 Å². The van der Waals surface area contributed by atoms with Gasteiger partial charge in [0, 0.05) is 18.6 Å². The molecule has 0 radical (unpaired) electrons. The summed E-state index contributed by atoms with van der Waals surface area (Å²) >= 11 is 0. The molecule has 0 amide bonds. The minimum atomic E-state index is -1.21. The summed E-state index contributed by atoms with van der Waals surface area (Å²) in [6.45, 7) is 0.824. The van der Waals surface area contributed by atoms with Crippen LogP contribution in [-0.2, 0) is 24.0 Å². The Morgan fingerprint density at radius 3 is 2.56 bits per heavy atom. The Kier molecular flexibility index (Phi) is 8.95. The molecule has 0 fully saturated rings. The molecular weight excluding hydrogens is 366 g/mol. The highest BCUT2D eigenvalue weighted by Crippen LogP contribution is 2.26. The third-order valence-corrected chi connectivity index (χ3v) is 2.75. The second-order valence-electron chi connectivity index (χ2n) is 4.86. The lowest BCUT2D eigenvalue weighted by molar-refractivity contribution is -0.758. The lowest BCUT2D eigenvalue weighted by Gasteiger charge is -2.10. The molecule has 0 saturated carbocycles. The van der Waals surface area contributed by atoms with Crippen LogP contribution in [0.4, 0.5) is 0 Å². The summed E-state index contributed by atoms with van der Waals surface area (Å²) in [6.07, 6.45) is 1.87. The predicted octanol–water partition coefficient (Wildman–Crippen LogP) is 1.23. The Morgan fingerprint density at radius 2 is 1.93 bits per heavy atom. The SMILES string of the molecule is CC(=O)Oc1ccc(OC(=O)CCOCCO[N+](=O)[O-])c(/C=C/C(=O)O)c1. The summed E-state index contributed by atoms with van der Waals surface area (Å²) in [5.74, 6) is -2.23. The number of aliphatic carboxylic acids is 1. The van der Waals surface area contributed by atoms with Crippen molar-refractivity contribution in [3.63, 3.8) is 0 Å². The lowest BCUT2D eigenvalue weighted by atomic mass is 10.1. The molecule has 146 valence electrons. The van der Waals surface area contributed by atoms with E-state index in [2.05, 4.69) is 4.84 Å². The fourth-order valence-electron chi connectivity index (χ4n) is 1.74. The zero-order valence-electron chi connectivity index (χ0n) is 14.3.